The van der Waals surface area contributed by atoms with E-state index >= 15 is 0 Å². The summed E-state index contributed by atoms with van der Waals surface area (Å²) in [5.41, 5.74) is 5.51. The van der Waals surface area contributed by atoms with E-state index in [1.54, 1.807) is 12.1 Å². The molecule has 5 nitrogen and oxygen atoms in total. The van der Waals surface area contributed by atoms with Gasteiger partial charge in [-0.05, 0) is 43.4 Å². The van der Waals surface area contributed by atoms with Gasteiger partial charge in [-0.2, -0.15) is 0 Å². The predicted octanol–water partition coefficient (Wildman–Crippen LogP) is 3.71. The Morgan fingerprint density at radius 3 is 2.83 bits per heavy atom. The summed E-state index contributed by atoms with van der Waals surface area (Å²) >= 11 is 11.8. The molecular weight excluding hydrogens is 361 g/mol. The third-order valence-electron chi connectivity index (χ3n) is 3.73. The Morgan fingerprint density at radius 1 is 1.43 bits per heavy atom. The number of nitrogens with two attached hydrogens (primary N) is 1. The van der Waals surface area contributed by atoms with Gasteiger partial charge in [-0.15, -0.1) is 12.4 Å². The average molecular weight is 381 g/mol. The number of carbonyl (C=O) groups is 1. The molecule has 1 aromatic rings. The number of rotatable bonds is 4. The molecule has 1 fully saturated rings. The molecule has 0 bridgehead atoms. The summed E-state index contributed by atoms with van der Waals surface area (Å²) in [4.78, 5) is 13.8. The van der Waals surface area contributed by atoms with E-state index in [9.17, 15) is 4.79 Å². The van der Waals surface area contributed by atoms with Crippen LogP contribution in [-0.4, -0.2) is 29.9 Å². The van der Waals surface area contributed by atoms with Gasteiger partial charge >= 0.3 is 5.97 Å². The van der Waals surface area contributed by atoms with Crippen molar-refractivity contribution >= 4 is 47.5 Å². The van der Waals surface area contributed by atoms with Crippen LogP contribution in [0.4, 0.5) is 0 Å². The summed E-state index contributed by atoms with van der Waals surface area (Å²) < 4.78 is 5.26. The van der Waals surface area contributed by atoms with E-state index in [0.717, 1.165) is 25.9 Å². The van der Waals surface area contributed by atoms with Crippen molar-refractivity contribution in [3.63, 3.8) is 0 Å². The second kappa shape index (κ2) is 9.21. The molecule has 0 aliphatic carbocycles. The first-order valence-corrected chi connectivity index (χ1v) is 7.96. The van der Waals surface area contributed by atoms with E-state index in [4.69, 9.17) is 39.1 Å². The lowest BCUT2D eigenvalue weighted by Gasteiger charge is -2.32. The third kappa shape index (κ3) is 6.09. The van der Waals surface area contributed by atoms with Gasteiger partial charge in [-0.3, -0.25) is 10.2 Å². The Bertz CT molecular complexity index is 569. The van der Waals surface area contributed by atoms with Crippen molar-refractivity contribution in [1.29, 1.82) is 5.41 Å². The topological polar surface area (TPSA) is 79.4 Å². The quantitative estimate of drug-likeness (QED) is 0.361. The van der Waals surface area contributed by atoms with Crippen molar-refractivity contribution in [1.82, 2.24) is 4.90 Å². The van der Waals surface area contributed by atoms with Crippen LogP contribution in [0.15, 0.2) is 18.2 Å². The Kier molecular flexibility index (Phi) is 7.95. The summed E-state index contributed by atoms with van der Waals surface area (Å²) in [6.45, 7) is 1.54. The standard InChI is InChI=1S/C15H19Cl2N3O2.ClH/c16-11-4-5-13(12(17)8-11)22-14(21)6-3-10-2-1-7-20(9-10)15(18)19;/h4-5,8,10H,1-3,6-7,9H2,(H3,18,19);1H. The number of nitrogens with zero attached hydrogens (tertiary/aromatic N) is 1. The van der Waals surface area contributed by atoms with Crippen LogP contribution in [0.2, 0.25) is 10.0 Å². The van der Waals surface area contributed by atoms with Gasteiger partial charge in [0.1, 0.15) is 5.75 Å². The van der Waals surface area contributed by atoms with Crippen molar-refractivity contribution in [2.45, 2.75) is 25.7 Å². The lowest BCUT2D eigenvalue weighted by atomic mass is 9.93. The molecule has 1 heterocycles. The van der Waals surface area contributed by atoms with Gasteiger partial charge in [0.05, 0.1) is 5.02 Å². The molecule has 23 heavy (non-hydrogen) atoms. The van der Waals surface area contributed by atoms with Crippen molar-refractivity contribution in [3.05, 3.63) is 28.2 Å². The molecule has 0 aromatic heterocycles. The number of nitrogens with one attached hydrogen (secondary N) is 1. The van der Waals surface area contributed by atoms with E-state index in [1.165, 1.54) is 6.07 Å². The first-order chi connectivity index (χ1) is 10.5. The second-order valence-electron chi connectivity index (χ2n) is 5.43. The first-order valence-electron chi connectivity index (χ1n) is 7.20. The maximum Gasteiger partial charge on any atom is 0.311 e. The number of ether oxygens (including phenoxy) is 1. The van der Waals surface area contributed by atoms with Gasteiger partial charge in [0.15, 0.2) is 5.96 Å². The monoisotopic (exact) mass is 379 g/mol. The summed E-state index contributed by atoms with van der Waals surface area (Å²) in [7, 11) is 0. The summed E-state index contributed by atoms with van der Waals surface area (Å²) in [6, 6.07) is 4.75. The largest absolute Gasteiger partial charge is 0.425 e. The lowest BCUT2D eigenvalue weighted by Crippen LogP contribution is -2.43. The number of carbonyl (C=O) groups excluding carboxylic acids is 1. The molecule has 0 amide bonds. The minimum atomic E-state index is -0.316. The fourth-order valence-electron chi connectivity index (χ4n) is 2.57. The van der Waals surface area contributed by atoms with Gasteiger partial charge in [0.2, 0.25) is 0 Å². The van der Waals surface area contributed by atoms with Gasteiger partial charge in [0, 0.05) is 24.5 Å². The normalized spacial score (nSPS) is 17.3. The van der Waals surface area contributed by atoms with Gasteiger partial charge in [0.25, 0.3) is 0 Å². The summed E-state index contributed by atoms with van der Waals surface area (Å²) in [6.07, 6.45) is 3.06. The molecule has 1 atom stereocenters. The molecule has 3 N–H and O–H groups in total. The number of likely N-dealkylation sites (tertiary alicyclic amines) is 1. The van der Waals surface area contributed by atoms with Crippen molar-refractivity contribution in [2.24, 2.45) is 11.7 Å². The minimum absolute atomic E-state index is 0. The minimum Gasteiger partial charge on any atom is -0.425 e. The number of hydrogen-bond donors (Lipinski definition) is 2. The second-order valence-corrected chi connectivity index (χ2v) is 6.27. The van der Waals surface area contributed by atoms with Gasteiger partial charge < -0.3 is 15.4 Å². The Morgan fingerprint density at radius 2 is 2.17 bits per heavy atom. The highest BCUT2D eigenvalue weighted by Gasteiger charge is 2.21. The highest BCUT2D eigenvalue weighted by Crippen LogP contribution is 2.28. The van der Waals surface area contributed by atoms with Gasteiger partial charge in [-0.25, -0.2) is 0 Å². The van der Waals surface area contributed by atoms with Crippen molar-refractivity contribution in [3.8, 4) is 5.75 Å². The Hall–Kier alpha value is -1.17. The highest BCUT2D eigenvalue weighted by molar-refractivity contribution is 6.35. The fourth-order valence-corrected chi connectivity index (χ4v) is 3.02. The zero-order valence-electron chi connectivity index (χ0n) is 12.6. The SMILES string of the molecule is Cl.N=C(N)N1CCCC(CCC(=O)Oc2ccc(Cl)cc2Cl)C1. The van der Waals surface area contributed by atoms with Crippen molar-refractivity contribution < 1.29 is 9.53 Å². The molecular formula is C15H20Cl3N3O2. The zero-order valence-corrected chi connectivity index (χ0v) is 14.9. The van der Waals surface area contributed by atoms with E-state index in [0.29, 0.717) is 34.6 Å². The van der Waals surface area contributed by atoms with Crippen LogP contribution < -0.4 is 10.5 Å². The number of esters is 1. The molecule has 8 heteroatoms. The van der Waals surface area contributed by atoms with Crippen LogP contribution in [0.25, 0.3) is 0 Å². The molecule has 0 radical (unpaired) electrons. The van der Waals surface area contributed by atoms with Crippen LogP contribution in [0, 0.1) is 11.3 Å². The third-order valence-corrected chi connectivity index (χ3v) is 4.26. The van der Waals surface area contributed by atoms with Gasteiger partial charge in [-0.1, -0.05) is 23.2 Å². The number of benzene rings is 1. The Balaban J connectivity index is 0.00000264. The van der Waals surface area contributed by atoms with Crippen LogP contribution in [0.1, 0.15) is 25.7 Å². The molecule has 128 valence electrons. The first kappa shape index (κ1) is 19.9. The van der Waals surface area contributed by atoms with E-state index < -0.39 is 0 Å². The number of hydrogen-bond acceptors (Lipinski definition) is 3. The number of halogens is 3. The smallest absolute Gasteiger partial charge is 0.311 e. The van der Waals surface area contributed by atoms with Crippen LogP contribution in [0.5, 0.6) is 5.75 Å². The number of piperidine rings is 1. The molecule has 1 saturated heterocycles. The molecule has 1 aromatic carbocycles. The Labute approximate surface area is 152 Å². The molecule has 0 saturated carbocycles. The summed E-state index contributed by atoms with van der Waals surface area (Å²) in [5.74, 6) is 0.459. The molecule has 1 aliphatic rings. The zero-order chi connectivity index (χ0) is 16.1. The number of guanidine groups is 1. The van der Waals surface area contributed by atoms with Crippen molar-refractivity contribution in [2.75, 3.05) is 13.1 Å². The van der Waals surface area contributed by atoms with E-state index in [1.807, 2.05) is 4.90 Å². The molecule has 2 rings (SSSR count). The molecule has 0 spiro atoms. The molecule has 1 unspecified atom stereocenters. The maximum absolute atomic E-state index is 11.9. The fraction of sp³-hybridized carbons (Fsp3) is 0.467. The van der Waals surface area contributed by atoms with Crippen LogP contribution >= 0.6 is 35.6 Å². The average Bonchev–Trinajstić information content (AvgIpc) is 2.48. The van der Waals surface area contributed by atoms with Crippen LogP contribution in [0.3, 0.4) is 0 Å². The highest BCUT2D eigenvalue weighted by atomic mass is 35.5. The summed E-state index contributed by atoms with van der Waals surface area (Å²) in [5, 5.41) is 8.29. The predicted molar refractivity (Wildman–Crippen MR) is 94.8 cm³/mol. The van der Waals surface area contributed by atoms with E-state index in [-0.39, 0.29) is 24.3 Å². The maximum atomic E-state index is 11.9. The van der Waals surface area contributed by atoms with E-state index in [2.05, 4.69) is 0 Å². The lowest BCUT2D eigenvalue weighted by molar-refractivity contribution is -0.134. The molecule has 1 aliphatic heterocycles. The van der Waals surface area contributed by atoms with Crippen LogP contribution in [-0.2, 0) is 4.79 Å².